The number of aromatic hydroxyl groups is 1. The first-order valence-corrected chi connectivity index (χ1v) is 9.58. The van der Waals surface area contributed by atoms with E-state index in [2.05, 4.69) is 4.74 Å². The molecule has 24 heavy (non-hydrogen) atoms. The van der Waals surface area contributed by atoms with Crippen LogP contribution in [0.4, 0.5) is 0 Å². The summed E-state index contributed by atoms with van der Waals surface area (Å²) in [5.41, 5.74) is 2.07. The summed E-state index contributed by atoms with van der Waals surface area (Å²) in [6.45, 7) is 3.06. The van der Waals surface area contributed by atoms with Gasteiger partial charge in [0, 0.05) is 0 Å². The lowest BCUT2D eigenvalue weighted by Gasteiger charge is -2.07. The third-order valence-electron chi connectivity index (χ3n) is 4.60. The van der Waals surface area contributed by atoms with Crippen LogP contribution in [0.5, 0.6) is 5.75 Å². The summed E-state index contributed by atoms with van der Waals surface area (Å²) >= 11 is 0. The van der Waals surface area contributed by atoms with Gasteiger partial charge in [0.1, 0.15) is 5.75 Å². The third-order valence-corrected chi connectivity index (χ3v) is 4.60. The molecule has 0 spiro atoms. The Morgan fingerprint density at radius 3 is 2.00 bits per heavy atom. The van der Waals surface area contributed by atoms with Crippen molar-refractivity contribution < 1.29 is 14.6 Å². The number of para-hydroxylation sites is 1. The van der Waals surface area contributed by atoms with Crippen LogP contribution in [0, 0.1) is 6.92 Å². The molecular weight excluding hydrogens is 300 g/mol. The fourth-order valence-electron chi connectivity index (χ4n) is 3.06. The summed E-state index contributed by atoms with van der Waals surface area (Å²) in [5.74, 6) is 0.482. The maximum Gasteiger partial charge on any atom is 0.293 e. The number of hydrogen-bond donors (Lipinski definition) is 1. The Balaban J connectivity index is 1.85. The molecule has 0 saturated heterocycles. The molecule has 0 heterocycles. The van der Waals surface area contributed by atoms with Crippen LogP contribution in [-0.2, 0) is 16.0 Å². The average molecular weight is 334 g/mol. The highest BCUT2D eigenvalue weighted by Crippen LogP contribution is 2.23. The first-order chi connectivity index (χ1) is 11.8. The van der Waals surface area contributed by atoms with Crippen molar-refractivity contribution in [3.05, 3.63) is 29.3 Å². The van der Waals surface area contributed by atoms with E-state index >= 15 is 0 Å². The Bertz CT molecular complexity index is 443. The summed E-state index contributed by atoms with van der Waals surface area (Å²) in [7, 11) is 0. The van der Waals surface area contributed by atoms with E-state index in [4.69, 9.17) is 0 Å². The topological polar surface area (TPSA) is 46.5 Å². The molecule has 0 aromatic heterocycles. The van der Waals surface area contributed by atoms with Gasteiger partial charge in [0.2, 0.25) is 0 Å². The fourth-order valence-corrected chi connectivity index (χ4v) is 3.06. The zero-order valence-electron chi connectivity index (χ0n) is 15.3. The van der Waals surface area contributed by atoms with Gasteiger partial charge >= 0.3 is 0 Å². The molecule has 3 nitrogen and oxygen atoms in total. The van der Waals surface area contributed by atoms with Gasteiger partial charge in [0.15, 0.2) is 0 Å². The van der Waals surface area contributed by atoms with E-state index in [1.54, 1.807) is 0 Å². The minimum Gasteiger partial charge on any atom is -0.507 e. The largest absolute Gasteiger partial charge is 0.507 e. The molecule has 0 unspecified atom stereocenters. The first-order valence-electron chi connectivity index (χ1n) is 9.58. The SMILES string of the molecule is Cc1cccc(CCCCCCCCCCCCCOC=O)c1O. The molecule has 3 heteroatoms. The molecule has 0 atom stereocenters. The van der Waals surface area contributed by atoms with E-state index in [0.717, 1.165) is 24.0 Å². The molecule has 1 aromatic rings. The predicted molar refractivity (Wildman–Crippen MR) is 99.4 cm³/mol. The summed E-state index contributed by atoms with van der Waals surface area (Å²) in [6.07, 6.45) is 14.7. The van der Waals surface area contributed by atoms with Gasteiger partial charge in [0.05, 0.1) is 6.61 Å². The lowest BCUT2D eigenvalue weighted by molar-refractivity contribution is -0.128. The zero-order chi connectivity index (χ0) is 17.5. The predicted octanol–water partition coefficient (Wildman–Crippen LogP) is 5.71. The normalized spacial score (nSPS) is 10.7. The van der Waals surface area contributed by atoms with Crippen LogP contribution in [0.2, 0.25) is 0 Å². The number of carbonyl (C=O) groups excluding carboxylic acids is 1. The average Bonchev–Trinajstić information content (AvgIpc) is 2.58. The van der Waals surface area contributed by atoms with Gasteiger partial charge in [-0.1, -0.05) is 76.0 Å². The molecule has 0 radical (unpaired) electrons. The van der Waals surface area contributed by atoms with Gasteiger partial charge in [-0.25, -0.2) is 0 Å². The maximum atomic E-state index is 9.98. The summed E-state index contributed by atoms with van der Waals surface area (Å²) in [5, 5.41) is 9.98. The van der Waals surface area contributed by atoms with Crippen LogP contribution >= 0.6 is 0 Å². The number of unbranched alkanes of at least 4 members (excludes halogenated alkanes) is 10. The van der Waals surface area contributed by atoms with E-state index in [0.29, 0.717) is 18.8 Å². The standard InChI is InChI=1S/C21H34O3/c1-19-14-13-16-20(21(19)23)15-11-9-7-5-3-2-4-6-8-10-12-17-24-18-22/h13-14,16,18,23H,2-12,15,17H2,1H3. The molecule has 1 aromatic carbocycles. The van der Waals surface area contributed by atoms with E-state index in [-0.39, 0.29) is 0 Å². The van der Waals surface area contributed by atoms with Crippen LogP contribution in [0.3, 0.4) is 0 Å². The molecule has 0 amide bonds. The molecule has 0 saturated carbocycles. The number of aryl methyl sites for hydroxylation is 2. The van der Waals surface area contributed by atoms with Gasteiger partial charge in [-0.05, 0) is 37.3 Å². The van der Waals surface area contributed by atoms with Crippen molar-refractivity contribution in [3.8, 4) is 5.75 Å². The van der Waals surface area contributed by atoms with Crippen LogP contribution in [0.1, 0.15) is 81.8 Å². The van der Waals surface area contributed by atoms with Crippen LogP contribution in [0.25, 0.3) is 0 Å². The fraction of sp³-hybridized carbons (Fsp3) is 0.667. The molecule has 0 bridgehead atoms. The molecule has 0 aliphatic carbocycles. The van der Waals surface area contributed by atoms with Gasteiger partial charge in [-0.3, -0.25) is 4.79 Å². The highest BCUT2D eigenvalue weighted by molar-refractivity contribution is 5.39. The van der Waals surface area contributed by atoms with E-state index < -0.39 is 0 Å². The van der Waals surface area contributed by atoms with Crippen molar-refractivity contribution in [2.24, 2.45) is 0 Å². The molecule has 1 N–H and O–H groups in total. The smallest absolute Gasteiger partial charge is 0.293 e. The third kappa shape index (κ3) is 9.59. The van der Waals surface area contributed by atoms with E-state index in [1.165, 1.54) is 64.2 Å². The Morgan fingerprint density at radius 1 is 0.875 bits per heavy atom. The highest BCUT2D eigenvalue weighted by atomic mass is 16.5. The number of ether oxygens (including phenoxy) is 1. The van der Waals surface area contributed by atoms with Crippen molar-refractivity contribution in [2.75, 3.05) is 6.61 Å². The number of phenolic OH excluding ortho intramolecular Hbond substituents is 1. The van der Waals surface area contributed by atoms with Crippen LogP contribution in [0.15, 0.2) is 18.2 Å². The molecule has 0 aliphatic heterocycles. The van der Waals surface area contributed by atoms with Gasteiger partial charge < -0.3 is 9.84 Å². The minimum atomic E-state index is 0.482. The summed E-state index contributed by atoms with van der Waals surface area (Å²) in [4.78, 5) is 9.97. The van der Waals surface area contributed by atoms with Crippen LogP contribution < -0.4 is 0 Å². The Labute approximate surface area is 147 Å². The monoisotopic (exact) mass is 334 g/mol. The first kappa shape index (κ1) is 20.5. The lowest BCUT2D eigenvalue weighted by atomic mass is 10.0. The van der Waals surface area contributed by atoms with Crippen molar-refractivity contribution in [3.63, 3.8) is 0 Å². The van der Waals surface area contributed by atoms with Gasteiger partial charge in [-0.15, -0.1) is 0 Å². The number of phenols is 1. The second-order valence-electron chi connectivity index (χ2n) is 6.69. The molecule has 0 aliphatic rings. The van der Waals surface area contributed by atoms with E-state index in [9.17, 15) is 9.90 Å². The minimum absolute atomic E-state index is 0.482. The molecule has 1 rings (SSSR count). The van der Waals surface area contributed by atoms with Crippen molar-refractivity contribution >= 4 is 6.47 Å². The van der Waals surface area contributed by atoms with Crippen molar-refractivity contribution in [1.29, 1.82) is 0 Å². The second-order valence-corrected chi connectivity index (χ2v) is 6.69. The number of hydrogen-bond acceptors (Lipinski definition) is 3. The van der Waals surface area contributed by atoms with Gasteiger partial charge in [-0.2, -0.15) is 0 Å². The summed E-state index contributed by atoms with van der Waals surface area (Å²) in [6, 6.07) is 6.02. The Kier molecular flexibility index (Phi) is 11.9. The van der Waals surface area contributed by atoms with Crippen LogP contribution in [-0.4, -0.2) is 18.2 Å². The van der Waals surface area contributed by atoms with Crippen molar-refractivity contribution in [2.45, 2.75) is 84.0 Å². The molecular formula is C21H34O3. The molecule has 136 valence electrons. The summed E-state index contributed by atoms with van der Waals surface area (Å²) < 4.78 is 4.67. The lowest BCUT2D eigenvalue weighted by Crippen LogP contribution is -1.91. The Morgan fingerprint density at radius 2 is 1.42 bits per heavy atom. The second kappa shape index (κ2) is 13.9. The van der Waals surface area contributed by atoms with Crippen molar-refractivity contribution in [1.82, 2.24) is 0 Å². The number of benzene rings is 1. The van der Waals surface area contributed by atoms with Gasteiger partial charge in [0.25, 0.3) is 6.47 Å². The quantitative estimate of drug-likeness (QED) is 0.330. The molecule has 0 fully saturated rings. The highest BCUT2D eigenvalue weighted by Gasteiger charge is 2.02. The number of rotatable bonds is 15. The van der Waals surface area contributed by atoms with E-state index in [1.807, 2.05) is 25.1 Å². The number of carbonyl (C=O) groups is 1. The maximum absolute atomic E-state index is 9.98. The zero-order valence-corrected chi connectivity index (χ0v) is 15.3. The Hall–Kier alpha value is -1.51.